The molecule has 41 heavy (non-hydrogen) atoms. The predicted octanol–water partition coefficient (Wildman–Crippen LogP) is 5.65. The van der Waals surface area contributed by atoms with Gasteiger partial charge in [-0.2, -0.15) is 13.2 Å². The van der Waals surface area contributed by atoms with E-state index < -0.39 is 11.9 Å². The minimum absolute atomic E-state index is 0.0279. The van der Waals surface area contributed by atoms with Crippen LogP contribution >= 0.6 is 11.8 Å². The minimum Gasteiger partial charge on any atom is -0.497 e. The fourth-order valence-corrected chi connectivity index (χ4v) is 5.20. The monoisotopic (exact) mass is 583 g/mol. The summed E-state index contributed by atoms with van der Waals surface area (Å²) in [5.74, 6) is 1.66. The number of rotatable bonds is 9. The van der Waals surface area contributed by atoms with Crippen molar-refractivity contribution in [2.75, 3.05) is 43.1 Å². The van der Waals surface area contributed by atoms with Crippen molar-refractivity contribution in [1.29, 1.82) is 0 Å². The molecule has 0 bridgehead atoms. The number of hydrogen-bond donors (Lipinski definition) is 1. The molecule has 214 valence electrons. The van der Waals surface area contributed by atoms with E-state index in [4.69, 9.17) is 9.15 Å². The molecule has 0 radical (unpaired) electrons. The van der Waals surface area contributed by atoms with Crippen LogP contribution in [0, 0.1) is 0 Å². The highest BCUT2D eigenvalue weighted by molar-refractivity contribution is 7.98. The first-order valence-corrected chi connectivity index (χ1v) is 13.9. The number of piperazine rings is 1. The molecule has 0 aliphatic carbocycles. The van der Waals surface area contributed by atoms with Gasteiger partial charge in [-0.05, 0) is 54.1 Å². The van der Waals surface area contributed by atoms with Crippen LogP contribution in [0.4, 0.5) is 24.7 Å². The van der Waals surface area contributed by atoms with Gasteiger partial charge in [0.25, 0.3) is 5.91 Å². The van der Waals surface area contributed by atoms with E-state index in [-0.39, 0.29) is 23.4 Å². The Kier molecular flexibility index (Phi) is 8.67. The number of halogens is 3. The Labute approximate surface area is 239 Å². The first-order valence-electron chi connectivity index (χ1n) is 12.9. The van der Waals surface area contributed by atoms with Crippen molar-refractivity contribution >= 4 is 29.2 Å². The van der Waals surface area contributed by atoms with E-state index in [2.05, 4.69) is 20.2 Å². The van der Waals surface area contributed by atoms with Gasteiger partial charge in [0.05, 0.1) is 19.9 Å². The summed E-state index contributed by atoms with van der Waals surface area (Å²) in [6.07, 6.45) is -3.08. The van der Waals surface area contributed by atoms with Crippen molar-refractivity contribution < 1.29 is 27.1 Å². The average Bonchev–Trinajstić information content (AvgIpc) is 3.52. The average molecular weight is 584 g/mol. The Balaban J connectivity index is 1.25. The number of alkyl halides is 3. The molecule has 0 spiro atoms. The van der Waals surface area contributed by atoms with Crippen molar-refractivity contribution in [2.24, 2.45) is 0 Å². The van der Waals surface area contributed by atoms with E-state index in [0.29, 0.717) is 43.3 Å². The number of amides is 1. The lowest BCUT2D eigenvalue weighted by molar-refractivity contribution is -0.141. The number of thioether (sulfide) groups is 1. The summed E-state index contributed by atoms with van der Waals surface area (Å²) in [4.78, 5) is 24.9. The quantitative estimate of drug-likeness (QED) is 0.200. The Morgan fingerprint density at radius 3 is 2.44 bits per heavy atom. The lowest BCUT2D eigenvalue weighted by Crippen LogP contribution is -2.47. The second-order valence-corrected chi connectivity index (χ2v) is 10.3. The van der Waals surface area contributed by atoms with Gasteiger partial charge in [0.1, 0.15) is 17.3 Å². The van der Waals surface area contributed by atoms with Gasteiger partial charge in [0.2, 0.25) is 0 Å². The van der Waals surface area contributed by atoms with Crippen LogP contribution in [0.15, 0.2) is 82.6 Å². The molecule has 5 rings (SSSR count). The number of benzene rings is 2. The Hall–Kier alpha value is -4.19. The van der Waals surface area contributed by atoms with Gasteiger partial charge in [-0.25, -0.2) is 9.97 Å². The molecule has 2 aromatic heterocycles. The van der Waals surface area contributed by atoms with E-state index in [9.17, 15) is 18.0 Å². The molecule has 0 unspecified atom stereocenters. The molecule has 3 heterocycles. The molecule has 4 aromatic rings. The highest BCUT2D eigenvalue weighted by Crippen LogP contribution is 2.33. The molecule has 1 aliphatic heterocycles. The molecule has 8 nitrogen and oxygen atoms in total. The van der Waals surface area contributed by atoms with Crippen LogP contribution in [0.25, 0.3) is 0 Å². The maximum Gasteiger partial charge on any atom is 0.433 e. The number of nitrogens with one attached hydrogen (secondary N) is 1. The minimum atomic E-state index is -4.61. The van der Waals surface area contributed by atoms with Crippen LogP contribution in [0.2, 0.25) is 0 Å². The van der Waals surface area contributed by atoms with E-state index in [0.717, 1.165) is 34.8 Å². The van der Waals surface area contributed by atoms with Crippen LogP contribution in [0.1, 0.15) is 27.4 Å². The lowest BCUT2D eigenvalue weighted by atomic mass is 10.1. The fraction of sp³-hybridized carbons (Fsp3) is 0.276. The van der Waals surface area contributed by atoms with Crippen LogP contribution in [-0.4, -0.2) is 49.2 Å². The predicted molar refractivity (Wildman–Crippen MR) is 150 cm³/mol. The smallest absolute Gasteiger partial charge is 0.433 e. The zero-order valence-corrected chi connectivity index (χ0v) is 23.0. The van der Waals surface area contributed by atoms with Gasteiger partial charge in [-0.3, -0.25) is 4.79 Å². The molecule has 1 fully saturated rings. The van der Waals surface area contributed by atoms with Gasteiger partial charge in [-0.1, -0.05) is 23.9 Å². The van der Waals surface area contributed by atoms with Gasteiger partial charge >= 0.3 is 6.18 Å². The summed E-state index contributed by atoms with van der Waals surface area (Å²) in [5.41, 5.74) is 1.25. The third-order valence-corrected chi connectivity index (χ3v) is 7.50. The number of ether oxygens (including phenoxy) is 1. The summed E-state index contributed by atoms with van der Waals surface area (Å²) >= 11 is 1.10. The highest BCUT2D eigenvalue weighted by atomic mass is 32.2. The number of furan rings is 1. The second-order valence-electron chi connectivity index (χ2n) is 9.31. The van der Waals surface area contributed by atoms with Crippen LogP contribution in [0.5, 0.6) is 5.75 Å². The number of methoxy groups -OCH3 is 1. The zero-order chi connectivity index (χ0) is 28.8. The maximum atomic E-state index is 13.8. The van der Waals surface area contributed by atoms with Crippen molar-refractivity contribution in [1.82, 2.24) is 15.3 Å². The van der Waals surface area contributed by atoms with Crippen LogP contribution in [0.3, 0.4) is 0 Å². The first kappa shape index (κ1) is 28.3. The van der Waals surface area contributed by atoms with Crippen molar-refractivity contribution in [3.63, 3.8) is 0 Å². The van der Waals surface area contributed by atoms with E-state index in [1.807, 2.05) is 35.2 Å². The number of aromatic nitrogens is 2. The molecule has 12 heteroatoms. The number of carbonyl (C=O) groups excluding carboxylic acids is 1. The summed E-state index contributed by atoms with van der Waals surface area (Å²) in [5, 5.41) is 2.81. The van der Waals surface area contributed by atoms with Gasteiger partial charge in [-0.15, -0.1) is 0 Å². The molecule has 0 atom stereocenters. The standard InChI is InChI=1S/C29H28F3N5O3S/c1-39-23-9-7-22(8-10-23)36-11-13-37(14-12-36)26-17-25(29(30,31)32)34-28(35-26)41-19-20-4-2-5-21(16-20)27(38)33-18-24-6-3-15-40-24/h2-10,15-17H,11-14,18-19H2,1H3,(H,33,38). The summed E-state index contributed by atoms with van der Waals surface area (Å²) < 4.78 is 51.7. The lowest BCUT2D eigenvalue weighted by Gasteiger charge is -2.37. The third kappa shape index (κ3) is 7.31. The van der Waals surface area contributed by atoms with Gasteiger partial charge < -0.3 is 24.3 Å². The number of nitrogens with zero attached hydrogens (tertiary/aromatic N) is 4. The Morgan fingerprint density at radius 2 is 1.76 bits per heavy atom. The molecule has 2 aromatic carbocycles. The highest BCUT2D eigenvalue weighted by Gasteiger charge is 2.34. The van der Waals surface area contributed by atoms with E-state index in [1.54, 1.807) is 37.4 Å². The molecule has 1 N–H and O–H groups in total. The summed E-state index contributed by atoms with van der Waals surface area (Å²) in [6, 6.07) is 19.1. The molecule has 1 aliphatic rings. The Bertz CT molecular complexity index is 1460. The maximum absolute atomic E-state index is 13.8. The Morgan fingerprint density at radius 1 is 1.00 bits per heavy atom. The second kappa shape index (κ2) is 12.5. The normalized spacial score (nSPS) is 13.8. The molecular weight excluding hydrogens is 555 g/mol. The molecular formula is C29H28F3N5O3S. The largest absolute Gasteiger partial charge is 0.497 e. The number of anilines is 2. The molecule has 0 saturated carbocycles. The third-order valence-electron chi connectivity index (χ3n) is 6.58. The van der Waals surface area contributed by atoms with E-state index >= 15 is 0 Å². The van der Waals surface area contributed by atoms with Crippen molar-refractivity contribution in [3.8, 4) is 5.75 Å². The van der Waals surface area contributed by atoms with Gasteiger partial charge in [0, 0.05) is 49.2 Å². The summed E-state index contributed by atoms with van der Waals surface area (Å²) in [7, 11) is 1.61. The molecule has 1 saturated heterocycles. The number of hydrogen-bond acceptors (Lipinski definition) is 8. The van der Waals surface area contributed by atoms with E-state index in [1.165, 1.54) is 6.26 Å². The van der Waals surface area contributed by atoms with Gasteiger partial charge in [0.15, 0.2) is 10.9 Å². The van der Waals surface area contributed by atoms with Crippen molar-refractivity contribution in [2.45, 2.75) is 23.6 Å². The SMILES string of the molecule is COc1ccc(N2CCN(c3cc(C(F)(F)F)nc(SCc4cccc(C(=O)NCc5ccco5)c4)n3)CC2)cc1. The number of carbonyl (C=O) groups is 1. The molecule has 1 amide bonds. The fourth-order valence-electron chi connectivity index (χ4n) is 4.40. The van der Waals surface area contributed by atoms with Crippen LogP contribution in [-0.2, 0) is 18.5 Å². The summed E-state index contributed by atoms with van der Waals surface area (Å²) in [6.45, 7) is 2.54. The van der Waals surface area contributed by atoms with Crippen LogP contribution < -0.4 is 19.9 Å². The first-order chi connectivity index (χ1) is 19.8. The zero-order valence-electron chi connectivity index (χ0n) is 22.2. The topological polar surface area (TPSA) is 83.7 Å². The van der Waals surface area contributed by atoms with Crippen molar-refractivity contribution in [3.05, 3.63) is 95.6 Å².